The number of benzene rings is 3. The Bertz CT molecular complexity index is 1240. The number of anilines is 1. The Labute approximate surface area is 194 Å². The number of hydrogen-bond acceptors (Lipinski definition) is 6. The number of rotatable bonds is 6. The van der Waals surface area contributed by atoms with E-state index in [9.17, 15) is 19.2 Å². The fourth-order valence-corrected chi connectivity index (χ4v) is 3.90. The first-order valence-corrected chi connectivity index (χ1v) is 10.8. The maximum absolute atomic E-state index is 12.7. The molecule has 1 saturated heterocycles. The molecule has 1 aliphatic rings. The van der Waals surface area contributed by atoms with Crippen molar-refractivity contribution >= 4 is 46.5 Å². The molecular formula is C25H18N2O5S. The Morgan fingerprint density at radius 2 is 1.61 bits per heavy atom. The van der Waals surface area contributed by atoms with E-state index in [4.69, 9.17) is 4.74 Å². The average Bonchev–Trinajstić information content (AvgIpc) is 3.07. The molecule has 3 aromatic rings. The van der Waals surface area contributed by atoms with Crippen molar-refractivity contribution in [2.45, 2.75) is 0 Å². The molecule has 3 amide bonds. The minimum atomic E-state index is -0.556. The quantitative estimate of drug-likeness (QED) is 0.330. The van der Waals surface area contributed by atoms with E-state index in [2.05, 4.69) is 5.32 Å². The molecule has 1 aliphatic heterocycles. The Morgan fingerprint density at radius 3 is 2.33 bits per heavy atom. The molecule has 3 aromatic carbocycles. The van der Waals surface area contributed by atoms with Gasteiger partial charge in [-0.05, 0) is 59.8 Å². The molecule has 4 rings (SSSR count). The lowest BCUT2D eigenvalue weighted by molar-refractivity contribution is -0.127. The van der Waals surface area contributed by atoms with Crippen molar-refractivity contribution in [1.82, 2.24) is 4.90 Å². The van der Waals surface area contributed by atoms with Gasteiger partial charge in [0, 0.05) is 5.69 Å². The van der Waals surface area contributed by atoms with Crippen LogP contribution in [0.2, 0.25) is 0 Å². The molecule has 8 heteroatoms. The van der Waals surface area contributed by atoms with Crippen LogP contribution in [0.4, 0.5) is 10.5 Å². The third-order valence-electron chi connectivity index (χ3n) is 4.61. The number of carbonyl (C=O) groups is 4. The van der Waals surface area contributed by atoms with E-state index in [1.807, 2.05) is 6.07 Å². The number of carbonyl (C=O) groups excluding carboxylic acids is 4. The van der Waals surface area contributed by atoms with Gasteiger partial charge in [0.1, 0.15) is 12.3 Å². The van der Waals surface area contributed by atoms with Gasteiger partial charge in [-0.15, -0.1) is 0 Å². The molecule has 7 nitrogen and oxygen atoms in total. The highest BCUT2D eigenvalue weighted by atomic mass is 32.2. The van der Waals surface area contributed by atoms with E-state index in [1.165, 1.54) is 6.08 Å². The van der Waals surface area contributed by atoms with Gasteiger partial charge in [-0.1, -0.05) is 48.5 Å². The van der Waals surface area contributed by atoms with Crippen LogP contribution in [0, 0.1) is 0 Å². The normalized spacial score (nSPS) is 14.4. The van der Waals surface area contributed by atoms with Crippen LogP contribution in [0.3, 0.4) is 0 Å². The number of nitrogens with zero attached hydrogens (tertiary/aromatic N) is 1. The first-order valence-electron chi connectivity index (χ1n) is 9.97. The second-order valence-electron chi connectivity index (χ2n) is 7.01. The fraction of sp³-hybridized carbons (Fsp3) is 0.0400. The molecule has 0 radical (unpaired) electrons. The first-order chi connectivity index (χ1) is 16.0. The summed E-state index contributed by atoms with van der Waals surface area (Å²) in [6, 6.07) is 24.0. The van der Waals surface area contributed by atoms with Crippen LogP contribution >= 0.6 is 11.8 Å². The predicted octanol–water partition coefficient (Wildman–Crippen LogP) is 4.58. The Kier molecular flexibility index (Phi) is 6.66. The second-order valence-corrected chi connectivity index (χ2v) is 8.00. The van der Waals surface area contributed by atoms with Gasteiger partial charge in [-0.3, -0.25) is 19.3 Å². The summed E-state index contributed by atoms with van der Waals surface area (Å²) in [6.07, 6.45) is 1.53. The van der Waals surface area contributed by atoms with Crippen LogP contribution in [-0.4, -0.2) is 34.5 Å². The van der Waals surface area contributed by atoms with E-state index in [1.54, 1.807) is 78.9 Å². The minimum absolute atomic E-state index is 0.180. The van der Waals surface area contributed by atoms with E-state index < -0.39 is 23.0 Å². The zero-order chi connectivity index (χ0) is 23.2. The SMILES string of the molecule is O=C(CN1C(=O)S/C(=C\c2cccc(OC(=O)c3ccccc3)c2)C1=O)Nc1ccccc1. The van der Waals surface area contributed by atoms with Crippen LogP contribution < -0.4 is 10.1 Å². The summed E-state index contributed by atoms with van der Waals surface area (Å²) in [5, 5.41) is 2.12. The third kappa shape index (κ3) is 5.55. The van der Waals surface area contributed by atoms with Crippen LogP contribution in [0.25, 0.3) is 6.08 Å². The number of hydrogen-bond donors (Lipinski definition) is 1. The topological polar surface area (TPSA) is 92.8 Å². The molecule has 0 aromatic heterocycles. The summed E-state index contributed by atoms with van der Waals surface area (Å²) in [5.41, 5.74) is 1.57. The molecule has 0 saturated carbocycles. The van der Waals surface area contributed by atoms with Crippen molar-refractivity contribution in [1.29, 1.82) is 0 Å². The molecule has 164 valence electrons. The number of amides is 3. The van der Waals surface area contributed by atoms with Crippen molar-refractivity contribution in [3.63, 3.8) is 0 Å². The summed E-state index contributed by atoms with van der Waals surface area (Å²) in [6.45, 7) is -0.383. The highest BCUT2D eigenvalue weighted by Crippen LogP contribution is 2.32. The summed E-state index contributed by atoms with van der Waals surface area (Å²) < 4.78 is 5.39. The van der Waals surface area contributed by atoms with Crippen molar-refractivity contribution in [3.8, 4) is 5.75 Å². The predicted molar refractivity (Wildman–Crippen MR) is 126 cm³/mol. The highest BCUT2D eigenvalue weighted by molar-refractivity contribution is 8.18. The lowest BCUT2D eigenvalue weighted by Crippen LogP contribution is -2.36. The van der Waals surface area contributed by atoms with E-state index >= 15 is 0 Å². The van der Waals surface area contributed by atoms with Gasteiger partial charge in [-0.2, -0.15) is 0 Å². The standard InChI is InChI=1S/C25H18N2O5S/c28-22(26-19-11-5-2-6-12-19)16-27-23(29)21(33-25(27)31)15-17-8-7-13-20(14-17)32-24(30)18-9-3-1-4-10-18/h1-15H,16H2,(H,26,28)/b21-15-. The van der Waals surface area contributed by atoms with Gasteiger partial charge >= 0.3 is 5.97 Å². The molecule has 0 atom stereocenters. The zero-order valence-corrected chi connectivity index (χ0v) is 18.1. The van der Waals surface area contributed by atoms with Crippen LogP contribution in [0.15, 0.2) is 89.8 Å². The maximum atomic E-state index is 12.7. The molecule has 0 bridgehead atoms. The average molecular weight is 458 g/mol. The summed E-state index contributed by atoms with van der Waals surface area (Å²) in [5.74, 6) is -1.23. The van der Waals surface area contributed by atoms with Crippen molar-refractivity contribution in [2.75, 3.05) is 11.9 Å². The molecule has 0 spiro atoms. The zero-order valence-electron chi connectivity index (χ0n) is 17.3. The molecule has 1 heterocycles. The number of ether oxygens (including phenoxy) is 1. The molecule has 1 fully saturated rings. The lowest BCUT2D eigenvalue weighted by atomic mass is 10.2. The highest BCUT2D eigenvalue weighted by Gasteiger charge is 2.36. The number of nitrogens with one attached hydrogen (secondary N) is 1. The smallest absolute Gasteiger partial charge is 0.343 e. The van der Waals surface area contributed by atoms with Gasteiger partial charge in [0.2, 0.25) is 5.91 Å². The van der Waals surface area contributed by atoms with Gasteiger partial charge in [0.15, 0.2) is 0 Å². The Morgan fingerprint density at radius 1 is 0.909 bits per heavy atom. The Hall–Kier alpha value is -4.17. The van der Waals surface area contributed by atoms with Crippen molar-refractivity contribution < 1.29 is 23.9 Å². The molecule has 1 N–H and O–H groups in total. The first kappa shape index (κ1) is 22.0. The summed E-state index contributed by atoms with van der Waals surface area (Å²) in [4.78, 5) is 50.6. The van der Waals surface area contributed by atoms with Crippen LogP contribution in [0.1, 0.15) is 15.9 Å². The van der Waals surface area contributed by atoms with E-state index in [0.717, 1.165) is 16.7 Å². The van der Waals surface area contributed by atoms with E-state index in [-0.39, 0.29) is 11.4 Å². The Balaban J connectivity index is 1.43. The molecule has 0 unspecified atom stereocenters. The lowest BCUT2D eigenvalue weighted by Gasteiger charge is -2.12. The maximum Gasteiger partial charge on any atom is 0.343 e. The monoisotopic (exact) mass is 458 g/mol. The summed E-state index contributed by atoms with van der Waals surface area (Å²) >= 11 is 0.752. The molecular weight excluding hydrogens is 440 g/mol. The third-order valence-corrected chi connectivity index (χ3v) is 5.52. The van der Waals surface area contributed by atoms with Gasteiger partial charge < -0.3 is 10.1 Å². The minimum Gasteiger partial charge on any atom is -0.423 e. The number of para-hydroxylation sites is 1. The molecule has 0 aliphatic carbocycles. The van der Waals surface area contributed by atoms with Crippen LogP contribution in [-0.2, 0) is 9.59 Å². The number of thioether (sulfide) groups is 1. The summed E-state index contributed by atoms with van der Waals surface area (Å²) in [7, 11) is 0. The second kappa shape index (κ2) is 9.97. The van der Waals surface area contributed by atoms with Crippen molar-refractivity contribution in [3.05, 3.63) is 101 Å². The number of esters is 1. The molecule has 33 heavy (non-hydrogen) atoms. The van der Waals surface area contributed by atoms with Gasteiger partial charge in [-0.25, -0.2) is 4.79 Å². The van der Waals surface area contributed by atoms with Gasteiger partial charge in [0.05, 0.1) is 10.5 Å². The number of imide groups is 1. The fourth-order valence-electron chi connectivity index (χ4n) is 3.06. The van der Waals surface area contributed by atoms with E-state index in [0.29, 0.717) is 22.6 Å². The largest absolute Gasteiger partial charge is 0.423 e. The van der Waals surface area contributed by atoms with Crippen LogP contribution in [0.5, 0.6) is 5.75 Å². The van der Waals surface area contributed by atoms with Gasteiger partial charge in [0.25, 0.3) is 11.1 Å². The van der Waals surface area contributed by atoms with Crippen molar-refractivity contribution in [2.24, 2.45) is 0 Å².